The number of hydrogen-bond donors (Lipinski definition) is 4. The molecule has 4 N–H and O–H groups in total. The van der Waals surface area contributed by atoms with Crippen molar-refractivity contribution in [1.29, 1.82) is 0 Å². The zero-order chi connectivity index (χ0) is 18.9. The number of ketones is 1. The number of carbonyl (C=O) groups is 1. The van der Waals surface area contributed by atoms with Crippen LogP contribution in [-0.4, -0.2) is 56.9 Å². The van der Waals surface area contributed by atoms with Gasteiger partial charge in [0.1, 0.15) is 11.5 Å². The molecule has 0 aromatic heterocycles. The van der Waals surface area contributed by atoms with Gasteiger partial charge in [0.25, 0.3) is 0 Å². The van der Waals surface area contributed by atoms with Crippen molar-refractivity contribution >= 4 is 5.78 Å². The molecule has 2 spiro atoms. The average molecular weight is 362 g/mol. The van der Waals surface area contributed by atoms with Crippen LogP contribution in [0.25, 0.3) is 0 Å². The van der Waals surface area contributed by atoms with Gasteiger partial charge < -0.3 is 25.2 Å². The predicted octanol–water partition coefficient (Wildman–Crippen LogP) is 0.152. The maximum Gasteiger partial charge on any atom is 0.208 e. The van der Waals surface area contributed by atoms with E-state index in [0.717, 1.165) is 0 Å². The van der Waals surface area contributed by atoms with E-state index in [-0.39, 0.29) is 6.61 Å². The van der Waals surface area contributed by atoms with E-state index >= 15 is 0 Å². The number of ether oxygens (including phenoxy) is 1. The topological polar surface area (TPSA) is 107 Å². The van der Waals surface area contributed by atoms with Crippen LogP contribution >= 0.6 is 0 Å². The monoisotopic (exact) mass is 362 g/mol. The molecule has 0 unspecified atom stereocenters. The minimum absolute atomic E-state index is 0.0454. The Hall–Kier alpha value is -1.05. The molecule has 5 fully saturated rings. The molecule has 26 heavy (non-hydrogen) atoms. The fourth-order valence-electron chi connectivity index (χ4n) is 7.47. The summed E-state index contributed by atoms with van der Waals surface area (Å²) in [5.41, 5.74) is -2.80. The molecule has 2 saturated heterocycles. The Kier molecular flexibility index (Phi) is 2.95. The van der Waals surface area contributed by atoms with Gasteiger partial charge in [-0.1, -0.05) is 32.6 Å². The van der Waals surface area contributed by atoms with Gasteiger partial charge in [-0.05, 0) is 29.7 Å². The lowest BCUT2D eigenvalue weighted by Gasteiger charge is -2.73. The van der Waals surface area contributed by atoms with Crippen molar-refractivity contribution in [1.82, 2.24) is 0 Å². The summed E-state index contributed by atoms with van der Waals surface area (Å²) in [5.74, 6) is -4.01. The van der Waals surface area contributed by atoms with E-state index in [4.69, 9.17) is 4.74 Å². The van der Waals surface area contributed by atoms with Crippen molar-refractivity contribution in [3.05, 3.63) is 24.3 Å². The highest BCUT2D eigenvalue weighted by Crippen LogP contribution is 2.75. The van der Waals surface area contributed by atoms with Crippen LogP contribution in [-0.2, 0) is 9.53 Å². The molecule has 2 heterocycles. The summed E-state index contributed by atoms with van der Waals surface area (Å²) in [6.07, 6.45) is 1.24. The van der Waals surface area contributed by atoms with Gasteiger partial charge in [0.2, 0.25) is 5.79 Å². The van der Waals surface area contributed by atoms with E-state index in [1.54, 1.807) is 6.08 Å². The molecule has 0 radical (unpaired) electrons. The second-order valence-corrected chi connectivity index (χ2v) is 9.55. The molecule has 0 aromatic rings. The van der Waals surface area contributed by atoms with Crippen LogP contribution in [0.2, 0.25) is 0 Å². The summed E-state index contributed by atoms with van der Waals surface area (Å²) in [6, 6.07) is 0. The second kappa shape index (κ2) is 4.50. The number of carbonyl (C=O) groups excluding carboxylic acids is 1. The molecule has 3 saturated carbocycles. The summed E-state index contributed by atoms with van der Waals surface area (Å²) in [7, 11) is 0. The highest BCUT2D eigenvalue weighted by atomic mass is 16.6. The molecular weight excluding hydrogens is 336 g/mol. The van der Waals surface area contributed by atoms with Crippen molar-refractivity contribution in [2.24, 2.45) is 34.0 Å². The van der Waals surface area contributed by atoms with Crippen molar-refractivity contribution in [2.75, 3.05) is 6.61 Å². The van der Waals surface area contributed by atoms with Gasteiger partial charge in [-0.25, -0.2) is 0 Å². The maximum absolute atomic E-state index is 13.3. The minimum Gasteiger partial charge on any atom is -0.391 e. The van der Waals surface area contributed by atoms with Crippen LogP contribution in [0.4, 0.5) is 0 Å². The fourth-order valence-corrected chi connectivity index (χ4v) is 7.47. The first-order valence-electron chi connectivity index (χ1n) is 9.40. The summed E-state index contributed by atoms with van der Waals surface area (Å²) >= 11 is 0. The molecule has 6 aliphatic rings. The van der Waals surface area contributed by atoms with Gasteiger partial charge in [-0.3, -0.25) is 4.79 Å². The molecule has 2 aliphatic heterocycles. The van der Waals surface area contributed by atoms with E-state index in [1.165, 1.54) is 0 Å². The maximum atomic E-state index is 13.3. The van der Waals surface area contributed by atoms with Crippen LogP contribution in [0.5, 0.6) is 0 Å². The normalized spacial score (nSPS) is 59.3. The Morgan fingerprint density at radius 2 is 1.88 bits per heavy atom. The number of rotatable bonds is 0. The largest absolute Gasteiger partial charge is 0.391 e. The molecule has 142 valence electrons. The fraction of sp³-hybridized carbons (Fsp3) is 0.750. The number of aliphatic hydroxyl groups excluding tert-OH is 3. The van der Waals surface area contributed by atoms with E-state index in [1.807, 2.05) is 19.9 Å². The molecule has 4 aliphatic carbocycles. The van der Waals surface area contributed by atoms with E-state index in [2.05, 4.69) is 6.58 Å². The second-order valence-electron chi connectivity index (χ2n) is 9.55. The lowest BCUT2D eigenvalue weighted by atomic mass is 9.36. The van der Waals surface area contributed by atoms with E-state index in [9.17, 15) is 25.2 Å². The van der Waals surface area contributed by atoms with Crippen LogP contribution in [0.1, 0.15) is 26.7 Å². The Morgan fingerprint density at radius 3 is 2.58 bits per heavy atom. The molecular formula is C20H26O6. The zero-order valence-corrected chi connectivity index (χ0v) is 15.1. The number of hydrogen-bond acceptors (Lipinski definition) is 6. The zero-order valence-electron chi connectivity index (χ0n) is 15.1. The Bertz CT molecular complexity index is 757. The van der Waals surface area contributed by atoms with Crippen LogP contribution in [0.15, 0.2) is 24.3 Å². The summed E-state index contributed by atoms with van der Waals surface area (Å²) in [4.78, 5) is 13.3. The average Bonchev–Trinajstić information content (AvgIpc) is 2.69. The number of Topliss-reactive ketones (excluding diaryl/α,β-unsaturated/α-hetero) is 1. The Morgan fingerprint density at radius 1 is 1.19 bits per heavy atom. The standard InChI is InChI=1S/C20H26O6/c1-9-10-4-5-11-18-8-26-20(25,19(11,14(9)22)15(10)23)16(24)13(18)17(2,3)7-6-12(18)21/h6-7,10-13,15-16,21,23-25H,1,4-5,8H2,2-3H3/t10-,11-,12-,13+,15+,16-,18+,19-,20+/m0/s1. The quantitative estimate of drug-likeness (QED) is 0.361. The Labute approximate surface area is 152 Å². The molecule has 6 rings (SSSR count). The molecule has 4 bridgehead atoms. The van der Waals surface area contributed by atoms with Crippen molar-refractivity contribution in [3.63, 3.8) is 0 Å². The highest BCUT2D eigenvalue weighted by Gasteiger charge is 2.86. The Balaban J connectivity index is 1.83. The van der Waals surface area contributed by atoms with Gasteiger partial charge in [0.15, 0.2) is 5.78 Å². The van der Waals surface area contributed by atoms with Crippen LogP contribution in [0, 0.1) is 34.0 Å². The van der Waals surface area contributed by atoms with Gasteiger partial charge >= 0.3 is 0 Å². The van der Waals surface area contributed by atoms with Gasteiger partial charge in [-0.15, -0.1) is 0 Å². The minimum atomic E-state index is -2.18. The predicted molar refractivity (Wildman–Crippen MR) is 90.6 cm³/mol. The van der Waals surface area contributed by atoms with Gasteiger partial charge in [0, 0.05) is 17.3 Å². The smallest absolute Gasteiger partial charge is 0.208 e. The van der Waals surface area contributed by atoms with Crippen molar-refractivity contribution in [3.8, 4) is 0 Å². The third kappa shape index (κ3) is 1.37. The first-order chi connectivity index (χ1) is 12.1. The SMILES string of the molecule is C=C1C(=O)[C@]23[C@H](O)[C@H]1CC[C@H]2[C@@]12CO[C@]3(O)[C@@H](O)[C@@H]1C(C)(C)C=C[C@@H]2O. The number of aliphatic hydroxyl groups is 4. The van der Waals surface area contributed by atoms with E-state index in [0.29, 0.717) is 18.4 Å². The van der Waals surface area contributed by atoms with Gasteiger partial charge in [-0.2, -0.15) is 0 Å². The van der Waals surface area contributed by atoms with Crippen LogP contribution in [0.3, 0.4) is 0 Å². The lowest BCUT2D eigenvalue weighted by Crippen LogP contribution is -2.85. The summed E-state index contributed by atoms with van der Waals surface area (Å²) < 4.78 is 5.77. The molecule has 0 aromatic carbocycles. The summed E-state index contributed by atoms with van der Waals surface area (Å²) in [6.45, 7) is 7.83. The molecule has 6 heteroatoms. The molecule has 9 atom stereocenters. The van der Waals surface area contributed by atoms with Gasteiger partial charge in [0.05, 0.1) is 18.8 Å². The third-order valence-electron chi connectivity index (χ3n) is 8.42. The third-order valence-corrected chi connectivity index (χ3v) is 8.42. The number of allylic oxidation sites excluding steroid dienone is 1. The summed E-state index contributed by atoms with van der Waals surface area (Å²) in [5, 5.41) is 45.0. The van der Waals surface area contributed by atoms with Crippen LogP contribution < -0.4 is 0 Å². The lowest BCUT2D eigenvalue weighted by molar-refractivity contribution is -0.450. The molecule has 6 nitrogen and oxygen atoms in total. The first-order valence-corrected chi connectivity index (χ1v) is 9.40. The van der Waals surface area contributed by atoms with Crippen molar-refractivity contribution in [2.45, 2.75) is 50.8 Å². The highest BCUT2D eigenvalue weighted by molar-refractivity contribution is 6.05. The van der Waals surface area contributed by atoms with E-state index < -0.39 is 63.9 Å². The molecule has 0 amide bonds. The van der Waals surface area contributed by atoms with Crippen molar-refractivity contribution < 1.29 is 30.0 Å². The first kappa shape index (κ1) is 17.1. The number of fused-ring (bicyclic) bond motifs is 2.